The van der Waals surface area contributed by atoms with E-state index in [0.717, 1.165) is 83.5 Å². The van der Waals surface area contributed by atoms with Gasteiger partial charge in [-0.1, -0.05) is 236 Å². The first-order valence-corrected chi connectivity index (χ1v) is 29.8. The number of unbranched alkanes of at least 4 members (excludes halogenated alkanes) is 33. The molecule has 69 heavy (non-hydrogen) atoms. The smallest absolute Gasteiger partial charge is 0.306 e. The molecule has 0 aliphatic carbocycles. The summed E-state index contributed by atoms with van der Waals surface area (Å²) in [7, 11) is 0. The fraction of sp³-hybridized carbons (Fsp3) is 0.794. The molecule has 0 aromatic heterocycles. The Morgan fingerprint density at radius 2 is 0.522 bits per heavy atom. The second-order valence-electron chi connectivity index (χ2n) is 19.9. The number of rotatable bonds is 54. The first-order valence-electron chi connectivity index (χ1n) is 29.8. The monoisotopic (exact) mass is 965 g/mol. The first kappa shape index (κ1) is 66.1. The van der Waals surface area contributed by atoms with Crippen molar-refractivity contribution in [3.8, 4) is 0 Å². The van der Waals surface area contributed by atoms with E-state index in [0.29, 0.717) is 19.3 Å². The van der Waals surface area contributed by atoms with Gasteiger partial charge < -0.3 is 14.2 Å². The van der Waals surface area contributed by atoms with E-state index in [9.17, 15) is 14.4 Å². The third-order valence-corrected chi connectivity index (χ3v) is 13.0. The number of carbonyl (C=O) groups is 3. The summed E-state index contributed by atoms with van der Waals surface area (Å²) < 4.78 is 16.9. The van der Waals surface area contributed by atoms with Crippen LogP contribution < -0.4 is 0 Å². The minimum absolute atomic E-state index is 0.0859. The number of allylic oxidation sites excluding steroid dienone is 10. The van der Waals surface area contributed by atoms with Crippen LogP contribution in [0.4, 0.5) is 0 Å². The van der Waals surface area contributed by atoms with E-state index < -0.39 is 6.10 Å². The Hall–Kier alpha value is -2.89. The summed E-state index contributed by atoms with van der Waals surface area (Å²) in [6.45, 7) is 6.61. The molecule has 0 unspecified atom stereocenters. The third kappa shape index (κ3) is 55.9. The Bertz CT molecular complexity index is 1190. The summed E-state index contributed by atoms with van der Waals surface area (Å²) in [6.07, 6.45) is 72.0. The van der Waals surface area contributed by atoms with E-state index in [-0.39, 0.29) is 31.1 Å². The molecule has 6 nitrogen and oxygen atoms in total. The molecular formula is C63H112O6. The maximum absolute atomic E-state index is 12.9. The highest BCUT2D eigenvalue weighted by molar-refractivity contribution is 5.71. The van der Waals surface area contributed by atoms with E-state index in [1.54, 1.807) is 0 Å². The van der Waals surface area contributed by atoms with Crippen molar-refractivity contribution in [2.45, 2.75) is 309 Å². The van der Waals surface area contributed by atoms with Crippen LogP contribution in [0.2, 0.25) is 0 Å². The molecule has 0 aliphatic heterocycles. The van der Waals surface area contributed by atoms with Crippen molar-refractivity contribution in [2.24, 2.45) is 0 Å². The van der Waals surface area contributed by atoms with Crippen LogP contribution in [0.15, 0.2) is 60.8 Å². The topological polar surface area (TPSA) is 78.9 Å². The SMILES string of the molecule is CCCCC/C=C\C/C=C\C/C=C\CCCCCCC(=O)OC(COC(=O)CCCCCCCCC/C=C\CCCCCCCC)COC(=O)CCCCCCCCC/C=C\CCCCCCCC. The fourth-order valence-electron chi connectivity index (χ4n) is 8.44. The number of carbonyl (C=O) groups excluding carboxylic acids is 3. The maximum Gasteiger partial charge on any atom is 0.306 e. The van der Waals surface area contributed by atoms with E-state index >= 15 is 0 Å². The molecule has 0 aromatic rings. The molecule has 0 N–H and O–H groups in total. The van der Waals surface area contributed by atoms with Gasteiger partial charge in [0.05, 0.1) is 0 Å². The van der Waals surface area contributed by atoms with Gasteiger partial charge in [0.15, 0.2) is 6.10 Å². The molecule has 0 aliphatic rings. The molecule has 0 radical (unpaired) electrons. The normalized spacial score (nSPS) is 12.1. The van der Waals surface area contributed by atoms with Crippen LogP contribution >= 0.6 is 0 Å². The second-order valence-corrected chi connectivity index (χ2v) is 19.9. The lowest BCUT2D eigenvalue weighted by molar-refractivity contribution is -0.167. The van der Waals surface area contributed by atoms with E-state index in [2.05, 4.69) is 81.5 Å². The molecule has 0 fully saturated rings. The quantitative estimate of drug-likeness (QED) is 0.0262. The van der Waals surface area contributed by atoms with Crippen LogP contribution in [-0.4, -0.2) is 37.2 Å². The van der Waals surface area contributed by atoms with Crippen molar-refractivity contribution in [2.75, 3.05) is 13.2 Å². The van der Waals surface area contributed by atoms with Crippen LogP contribution in [-0.2, 0) is 28.6 Å². The van der Waals surface area contributed by atoms with Crippen LogP contribution in [0.25, 0.3) is 0 Å². The van der Waals surface area contributed by atoms with E-state index in [1.807, 2.05) is 0 Å². The zero-order valence-electron chi connectivity index (χ0n) is 45.8. The van der Waals surface area contributed by atoms with Crippen molar-refractivity contribution in [3.05, 3.63) is 60.8 Å². The molecule has 6 heteroatoms. The third-order valence-electron chi connectivity index (χ3n) is 13.0. The lowest BCUT2D eigenvalue weighted by atomic mass is 10.1. The largest absolute Gasteiger partial charge is 0.462 e. The fourth-order valence-corrected chi connectivity index (χ4v) is 8.44. The standard InChI is InChI=1S/C63H112O6/c1-4-7-10-13-16-19-22-25-28-31-34-37-40-43-46-49-52-55-61(64)67-58-60(69-63(66)57-54-51-48-45-42-39-36-33-30-27-24-21-18-15-12-9-6-3)59-68-62(65)56-53-50-47-44-41-38-35-32-29-26-23-20-17-14-11-8-5-2/h18,21,25-30,36,39,60H,4-17,19-20,22-24,31-35,37-38,40-59H2,1-3H3/b21-18-,28-25-,29-26-,30-27-,39-36-. The number of hydrogen-bond acceptors (Lipinski definition) is 6. The molecule has 0 saturated carbocycles. The van der Waals surface area contributed by atoms with Crippen molar-refractivity contribution >= 4 is 17.9 Å². The lowest BCUT2D eigenvalue weighted by Crippen LogP contribution is -2.30. The highest BCUT2D eigenvalue weighted by Gasteiger charge is 2.19. The van der Waals surface area contributed by atoms with E-state index in [1.165, 1.54) is 180 Å². The van der Waals surface area contributed by atoms with Crippen molar-refractivity contribution in [1.29, 1.82) is 0 Å². The summed E-state index contributed by atoms with van der Waals surface area (Å²) in [4.78, 5) is 38.2. The second kappa shape index (κ2) is 57.7. The molecule has 0 heterocycles. The van der Waals surface area contributed by atoms with Crippen LogP contribution in [0.1, 0.15) is 303 Å². The Balaban J connectivity index is 4.42. The molecule has 0 amide bonds. The van der Waals surface area contributed by atoms with Crippen molar-refractivity contribution < 1.29 is 28.6 Å². The predicted octanol–water partition coefficient (Wildman–Crippen LogP) is 20.0. The van der Waals surface area contributed by atoms with Gasteiger partial charge in [0.2, 0.25) is 0 Å². The average molecular weight is 966 g/mol. The molecule has 0 spiro atoms. The van der Waals surface area contributed by atoms with Crippen molar-refractivity contribution in [3.63, 3.8) is 0 Å². The van der Waals surface area contributed by atoms with Crippen molar-refractivity contribution in [1.82, 2.24) is 0 Å². The highest BCUT2D eigenvalue weighted by atomic mass is 16.6. The lowest BCUT2D eigenvalue weighted by Gasteiger charge is -2.18. The predicted molar refractivity (Wildman–Crippen MR) is 298 cm³/mol. The van der Waals surface area contributed by atoms with Gasteiger partial charge in [-0.15, -0.1) is 0 Å². The minimum atomic E-state index is -0.790. The molecule has 0 bridgehead atoms. The van der Waals surface area contributed by atoms with Gasteiger partial charge in [0, 0.05) is 19.3 Å². The first-order chi connectivity index (χ1) is 34.0. The summed E-state index contributed by atoms with van der Waals surface area (Å²) in [5.74, 6) is -0.904. The van der Waals surface area contributed by atoms with Gasteiger partial charge in [-0.25, -0.2) is 0 Å². The van der Waals surface area contributed by atoms with Gasteiger partial charge in [-0.2, -0.15) is 0 Å². The maximum atomic E-state index is 12.9. The zero-order valence-corrected chi connectivity index (χ0v) is 45.8. The van der Waals surface area contributed by atoms with Crippen LogP contribution in [0.5, 0.6) is 0 Å². The Morgan fingerprint density at radius 1 is 0.290 bits per heavy atom. The van der Waals surface area contributed by atoms with Gasteiger partial charge in [-0.3, -0.25) is 14.4 Å². The average Bonchev–Trinajstić information content (AvgIpc) is 3.35. The molecular weight excluding hydrogens is 853 g/mol. The molecule has 400 valence electrons. The van der Waals surface area contributed by atoms with Crippen LogP contribution in [0.3, 0.4) is 0 Å². The molecule has 0 atom stereocenters. The Morgan fingerprint density at radius 3 is 0.855 bits per heavy atom. The minimum Gasteiger partial charge on any atom is -0.462 e. The summed E-state index contributed by atoms with van der Waals surface area (Å²) in [5, 5.41) is 0. The zero-order chi connectivity index (χ0) is 50.0. The summed E-state index contributed by atoms with van der Waals surface area (Å²) >= 11 is 0. The highest BCUT2D eigenvalue weighted by Crippen LogP contribution is 2.15. The number of ether oxygens (including phenoxy) is 3. The number of esters is 3. The van der Waals surface area contributed by atoms with Crippen LogP contribution in [0, 0.1) is 0 Å². The molecule has 0 rings (SSSR count). The summed E-state index contributed by atoms with van der Waals surface area (Å²) in [5.41, 5.74) is 0. The molecule has 0 aromatic carbocycles. The van der Waals surface area contributed by atoms with Gasteiger partial charge >= 0.3 is 17.9 Å². The van der Waals surface area contributed by atoms with Gasteiger partial charge in [-0.05, 0) is 109 Å². The number of hydrogen-bond donors (Lipinski definition) is 0. The van der Waals surface area contributed by atoms with Gasteiger partial charge in [0.25, 0.3) is 0 Å². The Labute approximate surface area is 428 Å². The summed E-state index contributed by atoms with van der Waals surface area (Å²) in [6, 6.07) is 0. The van der Waals surface area contributed by atoms with Gasteiger partial charge in [0.1, 0.15) is 13.2 Å². The van der Waals surface area contributed by atoms with E-state index in [4.69, 9.17) is 14.2 Å². The Kier molecular flexibility index (Phi) is 55.3. The molecule has 0 saturated heterocycles.